The fourth-order valence-electron chi connectivity index (χ4n) is 2.73. The highest BCUT2D eigenvalue weighted by Gasteiger charge is 2.32. The SMILES string of the molecule is O=C(c1ccc2[nH]c(=O)[nH]c2c1)N1CC(Oc2ccc(Cl)cc2)C1. The van der Waals surface area contributed by atoms with Crippen LogP contribution < -0.4 is 10.4 Å². The van der Waals surface area contributed by atoms with E-state index in [0.29, 0.717) is 34.7 Å². The van der Waals surface area contributed by atoms with Gasteiger partial charge in [-0.25, -0.2) is 4.79 Å². The molecule has 24 heavy (non-hydrogen) atoms. The smallest absolute Gasteiger partial charge is 0.323 e. The third kappa shape index (κ3) is 2.76. The van der Waals surface area contributed by atoms with Crippen molar-refractivity contribution >= 4 is 28.5 Å². The van der Waals surface area contributed by atoms with Crippen LogP contribution in [0, 0.1) is 0 Å². The van der Waals surface area contributed by atoms with Crippen LogP contribution in [0.25, 0.3) is 11.0 Å². The van der Waals surface area contributed by atoms with Crippen molar-refractivity contribution in [3.05, 3.63) is 63.5 Å². The van der Waals surface area contributed by atoms with Crippen LogP contribution in [0.3, 0.4) is 0 Å². The number of aromatic nitrogens is 2. The molecule has 1 fully saturated rings. The van der Waals surface area contributed by atoms with Crippen molar-refractivity contribution in [3.63, 3.8) is 0 Å². The van der Waals surface area contributed by atoms with Crippen molar-refractivity contribution in [2.75, 3.05) is 13.1 Å². The van der Waals surface area contributed by atoms with E-state index < -0.39 is 0 Å². The van der Waals surface area contributed by atoms with Gasteiger partial charge in [-0.2, -0.15) is 0 Å². The second-order valence-electron chi connectivity index (χ2n) is 5.74. The van der Waals surface area contributed by atoms with E-state index in [0.717, 1.165) is 5.75 Å². The quantitative estimate of drug-likeness (QED) is 0.766. The second-order valence-corrected chi connectivity index (χ2v) is 6.18. The molecule has 0 unspecified atom stereocenters. The number of carbonyl (C=O) groups is 1. The number of benzene rings is 2. The molecular weight excluding hydrogens is 330 g/mol. The highest BCUT2D eigenvalue weighted by molar-refractivity contribution is 6.30. The number of rotatable bonds is 3. The average Bonchev–Trinajstić information content (AvgIpc) is 2.90. The number of nitrogens with one attached hydrogen (secondary N) is 2. The van der Waals surface area contributed by atoms with Gasteiger partial charge < -0.3 is 19.6 Å². The Morgan fingerprint density at radius 2 is 1.79 bits per heavy atom. The first kappa shape index (κ1) is 14.8. The van der Waals surface area contributed by atoms with E-state index in [9.17, 15) is 9.59 Å². The number of halogens is 1. The summed E-state index contributed by atoms with van der Waals surface area (Å²) in [5, 5.41) is 0.658. The van der Waals surface area contributed by atoms with E-state index in [1.54, 1.807) is 35.2 Å². The molecule has 1 aliphatic heterocycles. The van der Waals surface area contributed by atoms with Crippen molar-refractivity contribution in [1.82, 2.24) is 14.9 Å². The van der Waals surface area contributed by atoms with Gasteiger partial charge in [0.2, 0.25) is 0 Å². The number of ether oxygens (including phenoxy) is 1. The molecule has 2 N–H and O–H groups in total. The van der Waals surface area contributed by atoms with Gasteiger partial charge in [0.1, 0.15) is 11.9 Å². The number of amides is 1. The molecule has 1 saturated heterocycles. The molecule has 0 aliphatic carbocycles. The fraction of sp³-hybridized carbons (Fsp3) is 0.176. The molecule has 0 spiro atoms. The van der Waals surface area contributed by atoms with E-state index in [1.807, 2.05) is 12.1 Å². The second kappa shape index (κ2) is 5.72. The third-order valence-corrected chi connectivity index (χ3v) is 4.27. The molecule has 0 atom stereocenters. The first-order valence-electron chi connectivity index (χ1n) is 7.52. The number of likely N-dealkylation sites (tertiary alicyclic amines) is 1. The number of fused-ring (bicyclic) bond motifs is 1. The lowest BCUT2D eigenvalue weighted by molar-refractivity contribution is 0.0178. The lowest BCUT2D eigenvalue weighted by atomic mass is 10.1. The van der Waals surface area contributed by atoms with E-state index in [-0.39, 0.29) is 17.7 Å². The Labute approximate surface area is 142 Å². The van der Waals surface area contributed by atoms with Crippen molar-refractivity contribution in [3.8, 4) is 5.75 Å². The summed E-state index contributed by atoms with van der Waals surface area (Å²) in [4.78, 5) is 30.8. The van der Waals surface area contributed by atoms with Crippen LogP contribution in [0.1, 0.15) is 10.4 Å². The molecule has 0 bridgehead atoms. The molecular formula is C17H14ClN3O3. The van der Waals surface area contributed by atoms with Crippen LogP contribution >= 0.6 is 11.6 Å². The number of hydrogen-bond donors (Lipinski definition) is 2. The summed E-state index contributed by atoms with van der Waals surface area (Å²) in [5.74, 6) is 0.665. The molecule has 1 aliphatic rings. The Morgan fingerprint density at radius 1 is 1.08 bits per heavy atom. The lowest BCUT2D eigenvalue weighted by Gasteiger charge is -2.39. The molecule has 7 heteroatoms. The highest BCUT2D eigenvalue weighted by atomic mass is 35.5. The van der Waals surface area contributed by atoms with E-state index in [2.05, 4.69) is 9.97 Å². The summed E-state index contributed by atoms with van der Waals surface area (Å²) in [5.41, 5.74) is 1.57. The molecule has 3 aromatic rings. The fourth-order valence-corrected chi connectivity index (χ4v) is 2.86. The minimum absolute atomic E-state index is 0.0223. The summed E-state index contributed by atoms with van der Waals surface area (Å²) in [6, 6.07) is 12.3. The Kier molecular flexibility index (Phi) is 3.54. The summed E-state index contributed by atoms with van der Waals surface area (Å²) in [6.45, 7) is 1.06. The largest absolute Gasteiger partial charge is 0.487 e. The van der Waals surface area contributed by atoms with E-state index in [4.69, 9.17) is 16.3 Å². The predicted molar refractivity (Wildman–Crippen MR) is 90.7 cm³/mol. The van der Waals surface area contributed by atoms with Gasteiger partial charge in [0.15, 0.2) is 0 Å². The molecule has 1 aromatic heterocycles. The molecule has 2 heterocycles. The minimum Gasteiger partial charge on any atom is -0.487 e. The number of imidazole rings is 1. The molecule has 1 amide bonds. The molecule has 0 radical (unpaired) electrons. The van der Waals surface area contributed by atoms with Gasteiger partial charge in [-0.15, -0.1) is 0 Å². The predicted octanol–water partition coefficient (Wildman–Crippen LogP) is 2.41. The molecule has 2 aromatic carbocycles. The van der Waals surface area contributed by atoms with Crippen LogP contribution in [0.4, 0.5) is 0 Å². The van der Waals surface area contributed by atoms with Gasteiger partial charge in [0.25, 0.3) is 5.91 Å². The van der Waals surface area contributed by atoms with E-state index >= 15 is 0 Å². The van der Waals surface area contributed by atoms with Crippen LogP contribution in [0.2, 0.25) is 5.02 Å². The molecule has 4 rings (SSSR count). The number of H-pyrrole nitrogens is 2. The highest BCUT2D eigenvalue weighted by Crippen LogP contribution is 2.22. The zero-order valence-corrected chi connectivity index (χ0v) is 13.3. The third-order valence-electron chi connectivity index (χ3n) is 4.01. The van der Waals surface area contributed by atoms with Crippen molar-refractivity contribution in [2.24, 2.45) is 0 Å². The minimum atomic E-state index is -0.282. The number of aromatic amines is 2. The summed E-state index contributed by atoms with van der Waals surface area (Å²) < 4.78 is 5.79. The number of carbonyl (C=O) groups excluding carboxylic acids is 1. The topological polar surface area (TPSA) is 78.2 Å². The van der Waals surface area contributed by atoms with Crippen molar-refractivity contribution in [2.45, 2.75) is 6.10 Å². The number of nitrogens with zero attached hydrogens (tertiary/aromatic N) is 1. The molecule has 0 saturated carbocycles. The Morgan fingerprint density at radius 3 is 2.54 bits per heavy atom. The van der Waals surface area contributed by atoms with Gasteiger partial charge in [-0.3, -0.25) is 4.79 Å². The zero-order valence-electron chi connectivity index (χ0n) is 12.6. The van der Waals surface area contributed by atoms with Crippen LogP contribution in [0.5, 0.6) is 5.75 Å². The van der Waals surface area contributed by atoms with Crippen LogP contribution in [-0.2, 0) is 0 Å². The Hall–Kier alpha value is -2.73. The lowest BCUT2D eigenvalue weighted by Crippen LogP contribution is -2.56. The maximum atomic E-state index is 12.5. The maximum Gasteiger partial charge on any atom is 0.323 e. The normalized spacial score (nSPS) is 14.6. The first-order valence-corrected chi connectivity index (χ1v) is 7.90. The summed E-state index contributed by atoms with van der Waals surface area (Å²) in [6.07, 6.45) is -0.0223. The van der Waals surface area contributed by atoms with Crippen LogP contribution in [-0.4, -0.2) is 40.0 Å². The molecule has 6 nitrogen and oxygen atoms in total. The van der Waals surface area contributed by atoms with Gasteiger partial charge >= 0.3 is 5.69 Å². The van der Waals surface area contributed by atoms with Gasteiger partial charge in [0.05, 0.1) is 24.1 Å². The zero-order chi connectivity index (χ0) is 16.7. The summed E-state index contributed by atoms with van der Waals surface area (Å²) in [7, 11) is 0. The standard InChI is InChI=1S/C17H14ClN3O3/c18-11-2-4-12(5-3-11)24-13-8-21(9-13)16(22)10-1-6-14-15(7-10)20-17(23)19-14/h1-7,13H,8-9H2,(H2,19,20,23). The summed E-state index contributed by atoms with van der Waals surface area (Å²) >= 11 is 5.84. The van der Waals surface area contributed by atoms with E-state index in [1.165, 1.54) is 0 Å². The number of hydrogen-bond acceptors (Lipinski definition) is 3. The Balaban J connectivity index is 1.41. The molecule has 122 valence electrons. The monoisotopic (exact) mass is 343 g/mol. The van der Waals surface area contributed by atoms with Crippen molar-refractivity contribution < 1.29 is 9.53 Å². The van der Waals surface area contributed by atoms with Crippen LogP contribution in [0.15, 0.2) is 47.3 Å². The van der Waals surface area contributed by atoms with Gasteiger partial charge in [0, 0.05) is 10.6 Å². The Bertz CT molecular complexity index is 955. The average molecular weight is 344 g/mol. The first-order chi connectivity index (χ1) is 11.6. The van der Waals surface area contributed by atoms with Gasteiger partial charge in [-0.1, -0.05) is 11.6 Å². The maximum absolute atomic E-state index is 12.5. The van der Waals surface area contributed by atoms with Crippen molar-refractivity contribution in [1.29, 1.82) is 0 Å². The van der Waals surface area contributed by atoms with Gasteiger partial charge in [-0.05, 0) is 42.5 Å².